The molecule has 0 radical (unpaired) electrons. The van der Waals surface area contributed by atoms with Gasteiger partial charge in [0.05, 0.1) is 25.6 Å². The zero-order chi connectivity index (χ0) is 22.1. The van der Waals surface area contributed by atoms with Crippen LogP contribution >= 0.6 is 0 Å². The van der Waals surface area contributed by atoms with Gasteiger partial charge in [-0.1, -0.05) is 29.8 Å². The number of nitrogens with one attached hydrogen (secondary N) is 1. The van der Waals surface area contributed by atoms with Crippen LogP contribution in [0.4, 0.5) is 5.69 Å². The Hall–Kier alpha value is -2.74. The average Bonchev–Trinajstić information content (AvgIpc) is 2.69. The van der Waals surface area contributed by atoms with Gasteiger partial charge >= 0.3 is 0 Å². The number of anilines is 1. The number of nitrogens with zero attached hydrogens (tertiary/aromatic N) is 1. The molecule has 0 bridgehead atoms. The molecule has 8 heteroatoms. The van der Waals surface area contributed by atoms with Gasteiger partial charge in [0.1, 0.15) is 6.61 Å². The normalized spacial score (nSPS) is 11.1. The molecule has 0 atom stereocenters. The van der Waals surface area contributed by atoms with E-state index in [0.29, 0.717) is 36.8 Å². The number of carbonyl (C=O) groups excluding carboxylic acids is 1. The monoisotopic (exact) mass is 434 g/mol. The number of hydrogen-bond acceptors (Lipinski definition) is 5. The van der Waals surface area contributed by atoms with Crippen LogP contribution in [0.1, 0.15) is 24.0 Å². The van der Waals surface area contributed by atoms with Crippen LogP contribution in [-0.2, 0) is 14.8 Å². The minimum absolute atomic E-state index is 0.146. The van der Waals surface area contributed by atoms with Gasteiger partial charge in [0.2, 0.25) is 15.9 Å². The van der Waals surface area contributed by atoms with Crippen molar-refractivity contribution in [2.24, 2.45) is 0 Å². The predicted molar refractivity (Wildman–Crippen MR) is 119 cm³/mol. The molecule has 0 fully saturated rings. The standard InChI is InChI=1S/C22H30N2O5S/c1-17-11-12-19(18(2)16-17)24(30(4,26)27)14-7-10-22(25)23-13-15-29-21-9-6-5-8-20(21)28-3/h5-6,8-9,11-12,16H,7,10,13-15H2,1-4H3,(H,23,25). The molecule has 0 unspecified atom stereocenters. The molecule has 2 aromatic rings. The van der Waals surface area contributed by atoms with E-state index in [4.69, 9.17) is 9.47 Å². The molecule has 2 rings (SSSR count). The maximum Gasteiger partial charge on any atom is 0.232 e. The van der Waals surface area contributed by atoms with Gasteiger partial charge in [0, 0.05) is 13.0 Å². The number of rotatable bonds is 11. The quantitative estimate of drug-likeness (QED) is 0.550. The van der Waals surface area contributed by atoms with Gasteiger partial charge in [-0.3, -0.25) is 9.10 Å². The number of amides is 1. The van der Waals surface area contributed by atoms with Gasteiger partial charge < -0.3 is 14.8 Å². The van der Waals surface area contributed by atoms with Gasteiger partial charge in [0.25, 0.3) is 0 Å². The lowest BCUT2D eigenvalue weighted by molar-refractivity contribution is -0.121. The number of para-hydroxylation sites is 2. The highest BCUT2D eigenvalue weighted by molar-refractivity contribution is 7.92. The first-order valence-corrected chi connectivity index (χ1v) is 11.6. The summed E-state index contributed by atoms with van der Waals surface area (Å²) < 4.78 is 36.7. The molecule has 0 spiro atoms. The van der Waals surface area contributed by atoms with Crippen molar-refractivity contribution >= 4 is 21.6 Å². The summed E-state index contributed by atoms with van der Waals surface area (Å²) in [4.78, 5) is 12.1. The minimum atomic E-state index is -3.44. The van der Waals surface area contributed by atoms with Crippen molar-refractivity contribution in [1.29, 1.82) is 0 Å². The van der Waals surface area contributed by atoms with Gasteiger partial charge in [0.15, 0.2) is 11.5 Å². The van der Waals surface area contributed by atoms with Crippen LogP contribution in [-0.4, -0.2) is 47.4 Å². The van der Waals surface area contributed by atoms with Crippen molar-refractivity contribution in [1.82, 2.24) is 5.32 Å². The first-order chi connectivity index (χ1) is 14.2. The summed E-state index contributed by atoms with van der Waals surface area (Å²) in [5.41, 5.74) is 2.60. The van der Waals surface area contributed by atoms with Crippen molar-refractivity contribution in [3.8, 4) is 11.5 Å². The Morgan fingerprint density at radius 2 is 1.80 bits per heavy atom. The number of hydrogen-bond donors (Lipinski definition) is 1. The van der Waals surface area contributed by atoms with Gasteiger partial charge in [-0.2, -0.15) is 0 Å². The summed E-state index contributed by atoms with van der Waals surface area (Å²) in [6, 6.07) is 12.9. The fourth-order valence-corrected chi connectivity index (χ4v) is 4.13. The largest absolute Gasteiger partial charge is 0.493 e. The Kier molecular flexibility index (Phi) is 8.53. The molecule has 0 aliphatic rings. The number of ether oxygens (including phenoxy) is 2. The van der Waals surface area contributed by atoms with Crippen molar-refractivity contribution < 1.29 is 22.7 Å². The molecule has 0 heterocycles. The molecule has 1 amide bonds. The lowest BCUT2D eigenvalue weighted by Crippen LogP contribution is -2.33. The highest BCUT2D eigenvalue weighted by Crippen LogP contribution is 2.25. The van der Waals surface area contributed by atoms with Crippen LogP contribution < -0.4 is 19.1 Å². The Balaban J connectivity index is 1.80. The van der Waals surface area contributed by atoms with E-state index in [-0.39, 0.29) is 18.9 Å². The lowest BCUT2D eigenvalue weighted by Gasteiger charge is -2.24. The highest BCUT2D eigenvalue weighted by Gasteiger charge is 2.19. The number of sulfonamides is 1. The molecule has 0 saturated carbocycles. The second-order valence-corrected chi connectivity index (χ2v) is 8.98. The summed E-state index contributed by atoms with van der Waals surface area (Å²) in [5, 5.41) is 2.79. The van der Waals surface area contributed by atoms with E-state index < -0.39 is 10.0 Å². The molecular formula is C22H30N2O5S. The third-order valence-electron chi connectivity index (χ3n) is 4.54. The van der Waals surface area contributed by atoms with Crippen molar-refractivity contribution in [2.75, 3.05) is 37.4 Å². The number of benzene rings is 2. The maximum absolute atomic E-state index is 12.2. The first-order valence-electron chi connectivity index (χ1n) is 9.80. The van der Waals surface area contributed by atoms with Gasteiger partial charge in [-0.05, 0) is 44.0 Å². The second kappa shape index (κ2) is 10.9. The van der Waals surface area contributed by atoms with E-state index in [9.17, 15) is 13.2 Å². The molecule has 0 aromatic heterocycles. The zero-order valence-electron chi connectivity index (χ0n) is 18.0. The van der Waals surface area contributed by atoms with E-state index in [1.807, 2.05) is 38.1 Å². The van der Waals surface area contributed by atoms with E-state index in [1.165, 1.54) is 10.6 Å². The summed E-state index contributed by atoms with van der Waals surface area (Å²) >= 11 is 0. The van der Waals surface area contributed by atoms with Crippen molar-refractivity contribution in [3.05, 3.63) is 53.6 Å². The molecule has 2 aromatic carbocycles. The topological polar surface area (TPSA) is 84.9 Å². The zero-order valence-corrected chi connectivity index (χ0v) is 18.8. The smallest absolute Gasteiger partial charge is 0.232 e. The number of carbonyl (C=O) groups is 1. The Labute approximate surface area is 179 Å². The van der Waals surface area contributed by atoms with Crippen LogP contribution in [0.15, 0.2) is 42.5 Å². The number of methoxy groups -OCH3 is 1. The molecule has 1 N–H and O–H groups in total. The summed E-state index contributed by atoms with van der Waals surface area (Å²) in [6.07, 6.45) is 1.83. The third kappa shape index (κ3) is 6.95. The lowest BCUT2D eigenvalue weighted by atomic mass is 10.1. The minimum Gasteiger partial charge on any atom is -0.493 e. The molecule has 164 valence electrons. The number of aryl methyl sites for hydroxylation is 2. The maximum atomic E-state index is 12.2. The van der Waals surface area contributed by atoms with Crippen LogP contribution in [0.25, 0.3) is 0 Å². The predicted octanol–water partition coefficient (Wildman–Crippen LogP) is 3.05. The van der Waals surface area contributed by atoms with Crippen LogP contribution in [0.2, 0.25) is 0 Å². The van der Waals surface area contributed by atoms with E-state index >= 15 is 0 Å². The summed E-state index contributed by atoms with van der Waals surface area (Å²) in [6.45, 7) is 4.75. The Morgan fingerprint density at radius 1 is 1.10 bits per heavy atom. The van der Waals surface area contributed by atoms with Crippen LogP contribution in [0, 0.1) is 13.8 Å². The summed E-state index contributed by atoms with van der Waals surface area (Å²) in [5.74, 6) is 1.11. The van der Waals surface area contributed by atoms with Gasteiger partial charge in [-0.25, -0.2) is 8.42 Å². The average molecular weight is 435 g/mol. The first kappa shape index (κ1) is 23.5. The fourth-order valence-electron chi connectivity index (χ4n) is 3.11. The van der Waals surface area contributed by atoms with Crippen LogP contribution in [0.5, 0.6) is 11.5 Å². The van der Waals surface area contributed by atoms with Gasteiger partial charge in [-0.15, -0.1) is 0 Å². The van der Waals surface area contributed by atoms with Crippen molar-refractivity contribution in [3.63, 3.8) is 0 Å². The molecule has 0 aliphatic carbocycles. The highest BCUT2D eigenvalue weighted by atomic mass is 32.2. The molecule has 0 saturated heterocycles. The molecular weight excluding hydrogens is 404 g/mol. The van der Waals surface area contributed by atoms with E-state index in [2.05, 4.69) is 5.32 Å². The summed E-state index contributed by atoms with van der Waals surface area (Å²) in [7, 11) is -1.87. The molecule has 30 heavy (non-hydrogen) atoms. The fraction of sp³-hybridized carbons (Fsp3) is 0.409. The molecule has 0 aliphatic heterocycles. The van der Waals surface area contributed by atoms with E-state index in [1.54, 1.807) is 25.3 Å². The van der Waals surface area contributed by atoms with E-state index in [0.717, 1.165) is 11.1 Å². The third-order valence-corrected chi connectivity index (χ3v) is 5.72. The second-order valence-electron chi connectivity index (χ2n) is 7.08. The Morgan fingerprint density at radius 3 is 2.43 bits per heavy atom. The molecule has 7 nitrogen and oxygen atoms in total. The SMILES string of the molecule is COc1ccccc1OCCNC(=O)CCCN(c1ccc(C)cc1C)S(C)(=O)=O. The van der Waals surface area contributed by atoms with Crippen molar-refractivity contribution in [2.45, 2.75) is 26.7 Å². The van der Waals surface area contributed by atoms with Crippen LogP contribution in [0.3, 0.4) is 0 Å². The Bertz CT molecular complexity index is 960.